The molecule has 1 aromatic carbocycles. The zero-order valence-electron chi connectivity index (χ0n) is 9.56. The number of benzene rings is 1. The van der Waals surface area contributed by atoms with Crippen LogP contribution in [0.15, 0.2) is 17.2 Å². The Morgan fingerprint density at radius 3 is 2.30 bits per heavy atom. The molecule has 0 bridgehead atoms. The number of halogens is 3. The van der Waals surface area contributed by atoms with Gasteiger partial charge in [-0.25, -0.2) is 4.68 Å². The minimum Gasteiger partial charge on any atom is -0.382 e. The average Bonchev–Trinajstić information content (AvgIpc) is 2.65. The van der Waals surface area contributed by atoms with Gasteiger partial charge in [-0.1, -0.05) is 34.8 Å². The van der Waals surface area contributed by atoms with E-state index in [0.717, 1.165) is 11.8 Å². The second-order valence-electron chi connectivity index (χ2n) is 3.50. The number of aromatic nitrogens is 2. The van der Waals surface area contributed by atoms with Crippen LogP contribution in [0.2, 0.25) is 15.1 Å². The average molecular weight is 345 g/mol. The summed E-state index contributed by atoms with van der Waals surface area (Å²) >= 11 is 18.7. The molecule has 0 fully saturated rings. The van der Waals surface area contributed by atoms with Crippen molar-refractivity contribution in [3.63, 3.8) is 0 Å². The Morgan fingerprint density at radius 1 is 1.20 bits per heavy atom. The molecule has 0 saturated carbocycles. The number of nitrogens with zero attached hydrogens (tertiary/aromatic N) is 4. The maximum absolute atomic E-state index is 9.08. The quantitative estimate of drug-likeness (QED) is 0.659. The van der Waals surface area contributed by atoms with Crippen molar-refractivity contribution in [2.75, 3.05) is 5.73 Å². The lowest BCUT2D eigenvalue weighted by Crippen LogP contribution is -2.04. The number of anilines is 1. The van der Waals surface area contributed by atoms with Crippen molar-refractivity contribution in [2.45, 2.75) is 5.03 Å². The van der Waals surface area contributed by atoms with Crippen LogP contribution >= 0.6 is 46.6 Å². The van der Waals surface area contributed by atoms with E-state index in [2.05, 4.69) is 5.10 Å². The highest BCUT2D eigenvalue weighted by Gasteiger charge is 2.20. The van der Waals surface area contributed by atoms with Gasteiger partial charge in [-0.2, -0.15) is 15.6 Å². The van der Waals surface area contributed by atoms with Crippen molar-refractivity contribution in [1.82, 2.24) is 9.78 Å². The van der Waals surface area contributed by atoms with Gasteiger partial charge in [0.2, 0.25) is 0 Å². The van der Waals surface area contributed by atoms with Gasteiger partial charge in [0.1, 0.15) is 28.5 Å². The fourth-order valence-electron chi connectivity index (χ4n) is 1.54. The molecule has 2 aromatic rings. The van der Waals surface area contributed by atoms with Crippen LogP contribution < -0.4 is 5.73 Å². The van der Waals surface area contributed by atoms with Crippen LogP contribution in [0, 0.1) is 22.0 Å². The van der Waals surface area contributed by atoms with E-state index in [1.807, 2.05) is 11.5 Å². The molecule has 2 rings (SSSR count). The summed E-state index contributed by atoms with van der Waals surface area (Å²) in [5.74, 6) is 0.0522. The number of nitrogens with two attached hydrogens (primary N) is 1. The normalized spacial score (nSPS) is 10.1. The topological polar surface area (TPSA) is 91.4 Å². The maximum Gasteiger partial charge on any atom is 0.153 e. The summed E-state index contributed by atoms with van der Waals surface area (Å²) < 4.78 is 1.22. The first kappa shape index (κ1) is 14.8. The first-order chi connectivity index (χ1) is 9.49. The molecule has 5 nitrogen and oxygen atoms in total. The summed E-state index contributed by atoms with van der Waals surface area (Å²) in [6, 6.07) is 4.86. The molecule has 0 aliphatic heterocycles. The van der Waals surface area contributed by atoms with Gasteiger partial charge in [0.15, 0.2) is 5.03 Å². The second kappa shape index (κ2) is 5.82. The van der Waals surface area contributed by atoms with Crippen LogP contribution in [-0.2, 0) is 0 Å². The van der Waals surface area contributed by atoms with E-state index >= 15 is 0 Å². The molecule has 0 aliphatic rings. The minimum atomic E-state index is 0.0522. The van der Waals surface area contributed by atoms with E-state index in [9.17, 15) is 0 Å². The molecule has 0 aliphatic carbocycles. The zero-order valence-corrected chi connectivity index (χ0v) is 12.6. The van der Waals surface area contributed by atoms with Crippen LogP contribution in [0.4, 0.5) is 5.82 Å². The smallest absolute Gasteiger partial charge is 0.153 e. The molecule has 0 saturated heterocycles. The number of rotatable bonds is 2. The molecule has 0 unspecified atom stereocenters. The fraction of sp³-hybridized carbons (Fsp3) is 0. The highest BCUT2D eigenvalue weighted by atomic mass is 35.5. The van der Waals surface area contributed by atoms with E-state index in [1.54, 1.807) is 0 Å². The lowest BCUT2D eigenvalue weighted by molar-refractivity contribution is 0.846. The van der Waals surface area contributed by atoms with Gasteiger partial charge in [-0.15, -0.1) is 0 Å². The van der Waals surface area contributed by atoms with E-state index in [-0.39, 0.29) is 26.5 Å². The molecular weight excluding hydrogens is 341 g/mol. The number of thiocyanates is 1. The highest BCUT2D eigenvalue weighted by molar-refractivity contribution is 8.03. The summed E-state index contributed by atoms with van der Waals surface area (Å²) in [4.78, 5) is 0. The summed E-state index contributed by atoms with van der Waals surface area (Å²) in [6.45, 7) is 0. The molecule has 9 heteroatoms. The largest absolute Gasteiger partial charge is 0.382 e. The first-order valence-corrected chi connectivity index (χ1v) is 6.94. The lowest BCUT2D eigenvalue weighted by atomic mass is 10.3. The van der Waals surface area contributed by atoms with Crippen LogP contribution in [0.5, 0.6) is 0 Å². The Hall–Kier alpha value is -1.57. The predicted molar refractivity (Wildman–Crippen MR) is 79.2 cm³/mol. The van der Waals surface area contributed by atoms with Gasteiger partial charge < -0.3 is 5.73 Å². The third kappa shape index (κ3) is 2.52. The van der Waals surface area contributed by atoms with Gasteiger partial charge in [-0.05, 0) is 12.1 Å². The third-order valence-electron chi connectivity index (χ3n) is 2.34. The van der Waals surface area contributed by atoms with Crippen LogP contribution in [0.1, 0.15) is 5.56 Å². The SMILES string of the molecule is N#CSc1nn(-c2c(Cl)cc(Cl)cc2Cl)c(N)c1C#N. The molecule has 0 radical (unpaired) electrons. The number of thioether (sulfide) groups is 1. The number of hydrogen-bond acceptors (Lipinski definition) is 5. The van der Waals surface area contributed by atoms with Crippen molar-refractivity contribution in [3.8, 4) is 17.2 Å². The van der Waals surface area contributed by atoms with E-state index in [1.165, 1.54) is 16.8 Å². The molecule has 2 N–H and O–H groups in total. The van der Waals surface area contributed by atoms with Crippen LogP contribution in [0.3, 0.4) is 0 Å². The number of nitrogen functional groups attached to an aromatic ring is 1. The lowest BCUT2D eigenvalue weighted by Gasteiger charge is -2.09. The van der Waals surface area contributed by atoms with Gasteiger partial charge in [0.05, 0.1) is 10.0 Å². The maximum atomic E-state index is 9.08. The zero-order chi connectivity index (χ0) is 14.9. The molecule has 0 amide bonds. The molecule has 100 valence electrons. The fourth-order valence-corrected chi connectivity index (χ4v) is 2.98. The van der Waals surface area contributed by atoms with Crippen molar-refractivity contribution >= 4 is 52.4 Å². The highest BCUT2D eigenvalue weighted by Crippen LogP contribution is 2.35. The van der Waals surface area contributed by atoms with Gasteiger partial charge in [-0.3, -0.25) is 0 Å². The number of nitriles is 2. The molecule has 1 heterocycles. The van der Waals surface area contributed by atoms with Gasteiger partial charge in [0, 0.05) is 16.8 Å². The summed E-state index contributed by atoms with van der Waals surface area (Å²) in [5, 5.41) is 24.7. The Labute approximate surface area is 133 Å². The molecular formula is C11H4Cl3N5S. The van der Waals surface area contributed by atoms with Crippen molar-refractivity contribution in [2.24, 2.45) is 0 Å². The Balaban J connectivity index is 2.72. The molecule has 0 atom stereocenters. The van der Waals surface area contributed by atoms with Gasteiger partial charge >= 0.3 is 0 Å². The Bertz CT molecular complexity index is 749. The summed E-state index contributed by atoms with van der Waals surface area (Å²) in [7, 11) is 0. The van der Waals surface area contributed by atoms with E-state index < -0.39 is 0 Å². The number of hydrogen-bond donors (Lipinski definition) is 1. The minimum absolute atomic E-state index is 0.0522. The van der Waals surface area contributed by atoms with E-state index in [0.29, 0.717) is 10.7 Å². The first-order valence-electron chi connectivity index (χ1n) is 4.99. The van der Waals surface area contributed by atoms with Crippen molar-refractivity contribution < 1.29 is 0 Å². The summed E-state index contributed by atoms with van der Waals surface area (Å²) in [5.41, 5.74) is 6.26. The van der Waals surface area contributed by atoms with Crippen molar-refractivity contribution in [3.05, 3.63) is 32.8 Å². The standard InChI is InChI=1S/C11H4Cl3N5S/c12-5-1-7(13)9(8(14)2-5)19-10(17)6(3-15)11(18-19)20-4-16/h1-2H,17H2. The Kier molecular flexibility index (Phi) is 4.32. The summed E-state index contributed by atoms with van der Waals surface area (Å²) in [6.07, 6.45) is 0. The Morgan fingerprint density at radius 2 is 1.80 bits per heavy atom. The predicted octanol–water partition coefficient (Wildman–Crippen LogP) is 3.86. The molecule has 1 aromatic heterocycles. The third-order valence-corrected chi connectivity index (χ3v) is 3.70. The molecule has 0 spiro atoms. The monoisotopic (exact) mass is 343 g/mol. The van der Waals surface area contributed by atoms with Crippen molar-refractivity contribution in [1.29, 1.82) is 10.5 Å². The van der Waals surface area contributed by atoms with Crippen LogP contribution in [0.25, 0.3) is 5.69 Å². The van der Waals surface area contributed by atoms with Gasteiger partial charge in [0.25, 0.3) is 0 Å². The second-order valence-corrected chi connectivity index (χ2v) is 5.52. The molecule has 20 heavy (non-hydrogen) atoms. The van der Waals surface area contributed by atoms with Crippen LogP contribution in [-0.4, -0.2) is 9.78 Å². The van der Waals surface area contributed by atoms with E-state index in [4.69, 9.17) is 51.1 Å².